The van der Waals surface area contributed by atoms with E-state index in [1.54, 1.807) is 16.8 Å². The third kappa shape index (κ3) is 3.58. The van der Waals surface area contributed by atoms with Gasteiger partial charge in [0.25, 0.3) is 0 Å². The molecule has 2 aromatic rings. The van der Waals surface area contributed by atoms with Crippen LogP contribution >= 0.6 is 11.6 Å². The number of aryl methyl sites for hydroxylation is 1. The van der Waals surface area contributed by atoms with Gasteiger partial charge >= 0.3 is 0 Å². The van der Waals surface area contributed by atoms with Gasteiger partial charge in [0.05, 0.1) is 12.2 Å². The van der Waals surface area contributed by atoms with E-state index in [4.69, 9.17) is 11.6 Å². The molecule has 108 valence electrons. The molecule has 1 aromatic heterocycles. The molecule has 0 saturated carbocycles. The van der Waals surface area contributed by atoms with E-state index in [0.29, 0.717) is 23.2 Å². The van der Waals surface area contributed by atoms with Crippen molar-refractivity contribution in [2.45, 2.75) is 39.9 Å². The van der Waals surface area contributed by atoms with Crippen molar-refractivity contribution in [1.82, 2.24) is 15.1 Å². The fourth-order valence-corrected chi connectivity index (χ4v) is 2.20. The van der Waals surface area contributed by atoms with Crippen LogP contribution in [0, 0.1) is 12.7 Å². The Morgan fingerprint density at radius 2 is 2.15 bits per heavy atom. The number of benzene rings is 1. The molecule has 0 bridgehead atoms. The van der Waals surface area contributed by atoms with Crippen LogP contribution in [0.25, 0.3) is 0 Å². The van der Waals surface area contributed by atoms with Crippen molar-refractivity contribution in [2.24, 2.45) is 0 Å². The van der Waals surface area contributed by atoms with Crippen LogP contribution in [-0.4, -0.2) is 15.8 Å². The van der Waals surface area contributed by atoms with Gasteiger partial charge in [-0.25, -0.2) is 4.39 Å². The lowest BCUT2D eigenvalue weighted by Gasteiger charge is -2.06. The zero-order valence-electron chi connectivity index (χ0n) is 12.0. The van der Waals surface area contributed by atoms with Gasteiger partial charge in [0.1, 0.15) is 5.82 Å². The lowest BCUT2D eigenvalue weighted by molar-refractivity contribution is 0.581. The maximum Gasteiger partial charge on any atom is 0.129 e. The van der Waals surface area contributed by atoms with Crippen molar-refractivity contribution >= 4 is 11.6 Å². The van der Waals surface area contributed by atoms with Gasteiger partial charge in [0.2, 0.25) is 0 Å². The minimum Gasteiger partial charge on any atom is -0.310 e. The molecule has 0 amide bonds. The molecular formula is C15H19ClFN3. The fraction of sp³-hybridized carbons (Fsp3) is 0.400. The van der Waals surface area contributed by atoms with Gasteiger partial charge in [0.15, 0.2) is 0 Å². The predicted molar refractivity (Wildman–Crippen MR) is 79.5 cm³/mol. The number of halogens is 2. The first-order valence-electron chi connectivity index (χ1n) is 6.66. The summed E-state index contributed by atoms with van der Waals surface area (Å²) in [6.45, 7) is 7.25. The Balaban J connectivity index is 2.16. The van der Waals surface area contributed by atoms with Crippen LogP contribution in [0.3, 0.4) is 0 Å². The first kappa shape index (κ1) is 15.0. The molecule has 20 heavy (non-hydrogen) atoms. The summed E-state index contributed by atoms with van der Waals surface area (Å²) in [6, 6.07) is 5.13. The molecule has 0 aliphatic heterocycles. The van der Waals surface area contributed by atoms with Crippen molar-refractivity contribution in [3.05, 3.63) is 52.1 Å². The van der Waals surface area contributed by atoms with E-state index in [1.165, 1.54) is 6.07 Å². The van der Waals surface area contributed by atoms with Gasteiger partial charge in [-0.2, -0.15) is 5.10 Å². The van der Waals surface area contributed by atoms with E-state index < -0.39 is 0 Å². The van der Waals surface area contributed by atoms with Crippen molar-refractivity contribution in [3.8, 4) is 0 Å². The number of rotatable bonds is 5. The summed E-state index contributed by atoms with van der Waals surface area (Å²) >= 11 is 6.04. The molecular weight excluding hydrogens is 277 g/mol. The van der Waals surface area contributed by atoms with Crippen LogP contribution in [-0.2, 0) is 13.1 Å². The normalized spacial score (nSPS) is 11.3. The smallest absolute Gasteiger partial charge is 0.129 e. The Morgan fingerprint density at radius 3 is 2.80 bits per heavy atom. The van der Waals surface area contributed by atoms with E-state index >= 15 is 0 Å². The second-order valence-corrected chi connectivity index (χ2v) is 5.58. The monoisotopic (exact) mass is 295 g/mol. The van der Waals surface area contributed by atoms with Crippen molar-refractivity contribution < 1.29 is 4.39 Å². The molecule has 0 unspecified atom stereocenters. The van der Waals surface area contributed by atoms with Gasteiger partial charge in [0, 0.05) is 34.9 Å². The number of nitrogens with zero attached hydrogens (tertiary/aromatic N) is 2. The van der Waals surface area contributed by atoms with Gasteiger partial charge in [-0.05, 0) is 19.1 Å². The van der Waals surface area contributed by atoms with E-state index in [9.17, 15) is 4.39 Å². The molecule has 0 aliphatic rings. The van der Waals surface area contributed by atoms with Gasteiger partial charge < -0.3 is 5.32 Å². The summed E-state index contributed by atoms with van der Waals surface area (Å²) in [5.41, 5.74) is 2.54. The van der Waals surface area contributed by atoms with Crippen LogP contribution in [0.2, 0.25) is 5.02 Å². The van der Waals surface area contributed by atoms with Crippen molar-refractivity contribution in [2.75, 3.05) is 0 Å². The van der Waals surface area contributed by atoms with Crippen molar-refractivity contribution in [1.29, 1.82) is 0 Å². The van der Waals surface area contributed by atoms with E-state index in [2.05, 4.69) is 24.3 Å². The molecule has 1 N–H and O–H groups in total. The molecule has 1 aromatic carbocycles. The number of hydrogen-bond donors (Lipinski definition) is 1. The number of hydrogen-bond acceptors (Lipinski definition) is 2. The summed E-state index contributed by atoms with van der Waals surface area (Å²) in [4.78, 5) is 0. The third-order valence-corrected chi connectivity index (χ3v) is 3.48. The minimum absolute atomic E-state index is 0.299. The van der Waals surface area contributed by atoms with Crippen LogP contribution in [0.5, 0.6) is 0 Å². The highest BCUT2D eigenvalue weighted by molar-refractivity contribution is 6.31. The van der Waals surface area contributed by atoms with Crippen LogP contribution in [0.4, 0.5) is 4.39 Å². The Labute approximate surface area is 123 Å². The number of aromatic nitrogens is 2. The second kappa shape index (κ2) is 6.37. The number of nitrogens with one attached hydrogen (secondary N) is 1. The quantitative estimate of drug-likeness (QED) is 0.914. The first-order chi connectivity index (χ1) is 9.47. The van der Waals surface area contributed by atoms with Crippen LogP contribution in [0.1, 0.15) is 30.7 Å². The summed E-state index contributed by atoms with van der Waals surface area (Å²) in [6.07, 6.45) is 1.94. The van der Waals surface area contributed by atoms with Gasteiger partial charge in [-0.15, -0.1) is 0 Å². The summed E-state index contributed by atoms with van der Waals surface area (Å²) in [7, 11) is 0. The van der Waals surface area contributed by atoms with Gasteiger partial charge in [-0.1, -0.05) is 31.5 Å². The lowest BCUT2D eigenvalue weighted by Crippen LogP contribution is -2.21. The third-order valence-electron chi connectivity index (χ3n) is 3.13. The molecule has 0 atom stereocenters. The highest BCUT2D eigenvalue weighted by atomic mass is 35.5. The van der Waals surface area contributed by atoms with Gasteiger partial charge in [-0.3, -0.25) is 4.68 Å². The Kier molecular flexibility index (Phi) is 4.78. The maximum atomic E-state index is 13.8. The predicted octanol–water partition coefficient (Wildman–Crippen LogP) is 3.53. The molecule has 0 spiro atoms. The lowest BCUT2D eigenvalue weighted by atomic mass is 10.2. The van der Waals surface area contributed by atoms with Crippen LogP contribution in [0.15, 0.2) is 24.4 Å². The standard InChI is InChI=1S/C15H19ClFN3/c1-10(2)18-7-12-8-20(19-11(12)3)9-13-14(16)5-4-6-15(13)17/h4-6,8,10,18H,7,9H2,1-3H3. The highest BCUT2D eigenvalue weighted by Crippen LogP contribution is 2.20. The molecule has 5 heteroatoms. The Bertz CT molecular complexity index is 573. The molecule has 2 rings (SSSR count). The topological polar surface area (TPSA) is 29.9 Å². The fourth-order valence-electron chi connectivity index (χ4n) is 1.97. The SMILES string of the molecule is Cc1nn(Cc2c(F)cccc2Cl)cc1CNC(C)C. The summed E-state index contributed by atoms with van der Waals surface area (Å²) in [5, 5.41) is 8.20. The van der Waals surface area contributed by atoms with Crippen LogP contribution < -0.4 is 5.32 Å². The molecule has 0 radical (unpaired) electrons. The summed E-state index contributed by atoms with van der Waals surface area (Å²) < 4.78 is 15.5. The largest absolute Gasteiger partial charge is 0.310 e. The maximum absolute atomic E-state index is 13.8. The highest BCUT2D eigenvalue weighted by Gasteiger charge is 2.10. The minimum atomic E-state index is -0.299. The summed E-state index contributed by atoms with van der Waals surface area (Å²) in [5.74, 6) is -0.299. The molecule has 1 heterocycles. The Hall–Kier alpha value is -1.39. The first-order valence-corrected chi connectivity index (χ1v) is 7.04. The van der Waals surface area contributed by atoms with Crippen molar-refractivity contribution in [3.63, 3.8) is 0 Å². The average Bonchev–Trinajstić information content (AvgIpc) is 2.72. The van der Waals surface area contributed by atoms with E-state index in [1.807, 2.05) is 13.1 Å². The molecule has 0 saturated heterocycles. The second-order valence-electron chi connectivity index (χ2n) is 5.17. The van der Waals surface area contributed by atoms with E-state index in [-0.39, 0.29) is 5.82 Å². The Morgan fingerprint density at radius 1 is 1.40 bits per heavy atom. The molecule has 0 aliphatic carbocycles. The zero-order valence-corrected chi connectivity index (χ0v) is 12.7. The molecule has 3 nitrogen and oxygen atoms in total. The van der Waals surface area contributed by atoms with E-state index in [0.717, 1.165) is 17.8 Å². The molecule has 0 fully saturated rings. The average molecular weight is 296 g/mol. The zero-order chi connectivity index (χ0) is 14.7.